The number of rotatable bonds is 12. The summed E-state index contributed by atoms with van der Waals surface area (Å²) in [5.41, 5.74) is -1.60. The van der Waals surface area contributed by atoms with Crippen LogP contribution in [-0.4, -0.2) is 84.7 Å². The van der Waals surface area contributed by atoms with E-state index in [0.717, 1.165) is 11.3 Å². The number of hydrogen-bond acceptors (Lipinski definition) is 8. The van der Waals surface area contributed by atoms with Crippen molar-refractivity contribution < 1.29 is 33.3 Å². The Kier molecular flexibility index (Phi) is 13.7. The fourth-order valence-corrected chi connectivity index (χ4v) is 2.93. The van der Waals surface area contributed by atoms with Gasteiger partial charge in [0.05, 0.1) is 13.2 Å². The molecular weight excluding hydrogens is 464 g/mol. The lowest BCUT2D eigenvalue weighted by Gasteiger charge is -2.35. The minimum atomic E-state index is -0.728. The second-order valence-corrected chi connectivity index (χ2v) is 11.8. The first kappa shape index (κ1) is 33.9. The molecule has 9 nitrogen and oxygen atoms in total. The van der Waals surface area contributed by atoms with Crippen molar-refractivity contribution in [2.45, 2.75) is 105 Å². The normalized spacial score (nSPS) is 14.5. The first-order chi connectivity index (χ1) is 16.3. The van der Waals surface area contributed by atoms with Crippen molar-refractivity contribution in [2.75, 3.05) is 33.9 Å². The molecular formula is C27H50N2O7. The van der Waals surface area contributed by atoms with E-state index in [0.29, 0.717) is 19.6 Å². The molecule has 0 aliphatic rings. The smallest absolute Gasteiger partial charge is 0.419 e. The second kappa shape index (κ2) is 14.6. The molecule has 0 saturated heterocycles. The van der Waals surface area contributed by atoms with E-state index in [1.807, 2.05) is 20.9 Å². The van der Waals surface area contributed by atoms with E-state index in [1.54, 1.807) is 47.6 Å². The fourth-order valence-electron chi connectivity index (χ4n) is 2.93. The molecule has 0 aromatic rings. The quantitative estimate of drug-likeness (QED) is 0.194. The van der Waals surface area contributed by atoms with Crippen LogP contribution < -0.4 is 0 Å². The molecule has 0 saturated carbocycles. The van der Waals surface area contributed by atoms with Crippen LogP contribution >= 0.6 is 0 Å². The molecule has 2 unspecified atom stereocenters. The molecule has 210 valence electrons. The van der Waals surface area contributed by atoms with Gasteiger partial charge in [0, 0.05) is 31.3 Å². The maximum Gasteiger partial charge on any atom is 0.419 e. The van der Waals surface area contributed by atoms with E-state index < -0.39 is 23.4 Å². The lowest BCUT2D eigenvalue weighted by atomic mass is 9.98. The van der Waals surface area contributed by atoms with E-state index in [-0.39, 0.29) is 30.1 Å². The van der Waals surface area contributed by atoms with Crippen molar-refractivity contribution >= 4 is 18.2 Å². The average Bonchev–Trinajstić information content (AvgIpc) is 2.70. The Balaban J connectivity index is 4.89. The number of carbonyl (C=O) groups excluding carboxylic acids is 3. The van der Waals surface area contributed by atoms with Crippen molar-refractivity contribution in [3.05, 3.63) is 12.2 Å². The molecule has 0 N–H and O–H groups in total. The minimum absolute atomic E-state index is 0.0792. The number of ether oxygens (including phenoxy) is 4. The van der Waals surface area contributed by atoms with E-state index in [2.05, 4.69) is 23.5 Å². The van der Waals surface area contributed by atoms with Crippen molar-refractivity contribution in [1.29, 1.82) is 0 Å². The molecule has 9 heteroatoms. The Morgan fingerprint density at radius 2 is 1.39 bits per heavy atom. The number of nitrogens with zero attached hydrogens (tertiary/aromatic N) is 2. The van der Waals surface area contributed by atoms with Gasteiger partial charge in [-0.05, 0) is 88.1 Å². The Morgan fingerprint density at radius 3 is 1.83 bits per heavy atom. The molecule has 0 aliphatic carbocycles. The first-order valence-corrected chi connectivity index (χ1v) is 12.6. The predicted molar refractivity (Wildman–Crippen MR) is 141 cm³/mol. The molecule has 36 heavy (non-hydrogen) atoms. The van der Waals surface area contributed by atoms with Crippen molar-refractivity contribution in [2.24, 2.45) is 5.92 Å². The third-order valence-electron chi connectivity index (χ3n) is 5.80. The fraction of sp³-hybridized carbons (Fsp3) is 0.815. The van der Waals surface area contributed by atoms with Crippen molar-refractivity contribution in [3.8, 4) is 0 Å². The second-order valence-electron chi connectivity index (χ2n) is 11.8. The molecule has 2 atom stereocenters. The third-order valence-corrected chi connectivity index (χ3v) is 5.80. The Hall–Kier alpha value is -2.13. The number of imide groups is 1. The highest BCUT2D eigenvalue weighted by Gasteiger charge is 2.32. The summed E-state index contributed by atoms with van der Waals surface area (Å²) in [6.07, 6.45) is 3.01. The highest BCUT2D eigenvalue weighted by atomic mass is 16.6. The molecule has 0 bridgehead atoms. The van der Waals surface area contributed by atoms with Gasteiger partial charge >= 0.3 is 18.2 Å². The molecule has 0 rings (SSSR count). The average molecular weight is 515 g/mol. The molecule has 0 radical (unpaired) electrons. The lowest BCUT2D eigenvalue weighted by molar-refractivity contribution is -0.134. The zero-order chi connectivity index (χ0) is 28.3. The lowest BCUT2D eigenvalue weighted by Crippen LogP contribution is -2.44. The summed E-state index contributed by atoms with van der Waals surface area (Å²) in [4.78, 5) is 39.8. The SMILES string of the molecule is COC(=O)/C=C/CN(C)C(C)(C)CCOC(C)C(C)CCN(C(=O)OC(C)(C)C)C(=O)OC(C)(C)C. The monoisotopic (exact) mass is 514 g/mol. The van der Waals surface area contributed by atoms with Crippen LogP contribution in [-0.2, 0) is 23.7 Å². The van der Waals surface area contributed by atoms with Gasteiger partial charge < -0.3 is 18.9 Å². The highest BCUT2D eigenvalue weighted by molar-refractivity contribution is 5.88. The molecule has 2 amide bonds. The van der Waals surface area contributed by atoms with Crippen LogP contribution in [0, 0.1) is 5.92 Å². The summed E-state index contributed by atoms with van der Waals surface area (Å²) in [6, 6.07) is 0. The molecule has 0 spiro atoms. The molecule has 0 aromatic heterocycles. The zero-order valence-electron chi connectivity index (χ0n) is 24.6. The van der Waals surface area contributed by atoms with Crippen LogP contribution in [0.4, 0.5) is 9.59 Å². The Morgan fingerprint density at radius 1 is 0.889 bits per heavy atom. The van der Waals surface area contributed by atoms with E-state index in [9.17, 15) is 14.4 Å². The minimum Gasteiger partial charge on any atom is -0.466 e. The number of amides is 2. The first-order valence-electron chi connectivity index (χ1n) is 12.6. The van der Waals surface area contributed by atoms with Gasteiger partial charge in [-0.3, -0.25) is 4.90 Å². The highest BCUT2D eigenvalue weighted by Crippen LogP contribution is 2.21. The van der Waals surface area contributed by atoms with Gasteiger partial charge in [-0.1, -0.05) is 13.0 Å². The third kappa shape index (κ3) is 14.4. The van der Waals surface area contributed by atoms with Gasteiger partial charge in [0.2, 0.25) is 0 Å². The maximum atomic E-state index is 12.7. The molecule has 0 aromatic carbocycles. The van der Waals surface area contributed by atoms with Crippen LogP contribution in [0.3, 0.4) is 0 Å². The van der Waals surface area contributed by atoms with Gasteiger partial charge in [-0.2, -0.15) is 0 Å². The van der Waals surface area contributed by atoms with Crippen LogP contribution in [0.5, 0.6) is 0 Å². The summed E-state index contributed by atoms with van der Waals surface area (Å²) in [7, 11) is 3.35. The van der Waals surface area contributed by atoms with E-state index >= 15 is 0 Å². The number of methoxy groups -OCH3 is 1. The summed E-state index contributed by atoms with van der Waals surface area (Å²) < 4.78 is 21.6. The summed E-state index contributed by atoms with van der Waals surface area (Å²) >= 11 is 0. The van der Waals surface area contributed by atoms with Crippen LogP contribution in [0.2, 0.25) is 0 Å². The largest absolute Gasteiger partial charge is 0.466 e. The number of likely N-dealkylation sites (N-methyl/N-ethyl adjacent to an activating group) is 1. The zero-order valence-corrected chi connectivity index (χ0v) is 24.6. The van der Waals surface area contributed by atoms with Crippen molar-refractivity contribution in [3.63, 3.8) is 0 Å². The van der Waals surface area contributed by atoms with Crippen LogP contribution in [0.15, 0.2) is 12.2 Å². The van der Waals surface area contributed by atoms with Gasteiger partial charge in [0.1, 0.15) is 11.2 Å². The molecule has 0 aliphatic heterocycles. The van der Waals surface area contributed by atoms with E-state index in [1.165, 1.54) is 13.2 Å². The van der Waals surface area contributed by atoms with Gasteiger partial charge in [0.15, 0.2) is 0 Å². The Labute approximate surface area is 218 Å². The molecule has 0 heterocycles. The van der Waals surface area contributed by atoms with Gasteiger partial charge in [-0.25, -0.2) is 19.3 Å². The van der Waals surface area contributed by atoms with Crippen LogP contribution in [0.1, 0.15) is 82.1 Å². The van der Waals surface area contributed by atoms with Gasteiger partial charge in [0.25, 0.3) is 0 Å². The number of carbonyl (C=O) groups is 3. The van der Waals surface area contributed by atoms with E-state index in [4.69, 9.17) is 14.2 Å². The Bertz CT molecular complexity index is 707. The summed E-state index contributed by atoms with van der Waals surface area (Å²) in [5.74, 6) is -0.287. The molecule has 0 fully saturated rings. The summed E-state index contributed by atoms with van der Waals surface area (Å²) in [6.45, 7) is 20.1. The summed E-state index contributed by atoms with van der Waals surface area (Å²) in [5, 5.41) is 0. The maximum absolute atomic E-state index is 12.7. The van der Waals surface area contributed by atoms with Crippen LogP contribution in [0.25, 0.3) is 0 Å². The standard InChI is InChI=1S/C27H50N2O7/c1-20(15-18-29(23(31)35-25(3,4)5)24(32)36-26(6,7)8)21(2)34-19-16-27(9,10)28(11)17-13-14-22(30)33-12/h13-14,20-21H,15-19H2,1-12H3/b14-13+. The van der Waals surface area contributed by atoms with Gasteiger partial charge in [-0.15, -0.1) is 0 Å². The topological polar surface area (TPSA) is 94.6 Å². The number of esters is 1. The van der Waals surface area contributed by atoms with Crippen molar-refractivity contribution in [1.82, 2.24) is 9.80 Å². The number of hydrogen-bond donors (Lipinski definition) is 0. The predicted octanol–water partition coefficient (Wildman–Crippen LogP) is 5.42.